The van der Waals surface area contributed by atoms with E-state index in [9.17, 15) is 18.0 Å². The molecule has 184 valence electrons. The number of halogens is 3. The molecular weight excluding hydrogens is 457 g/mol. The monoisotopic (exact) mass is 484 g/mol. The third-order valence-electron chi connectivity index (χ3n) is 6.44. The highest BCUT2D eigenvalue weighted by Gasteiger charge is 2.30. The molecule has 0 aliphatic heterocycles. The van der Waals surface area contributed by atoms with E-state index in [1.807, 2.05) is 25.1 Å². The molecule has 0 saturated heterocycles. The van der Waals surface area contributed by atoms with Crippen LogP contribution < -0.4 is 5.32 Å². The van der Waals surface area contributed by atoms with E-state index in [0.717, 1.165) is 73.7 Å². The highest BCUT2D eigenvalue weighted by Crippen LogP contribution is 2.32. The SMILES string of the molecule is Cc1cc(Nc2cc(C(F)(F)F)ccn2)nc(-c2ccc(CCC3CCC(C(=O)O)CC3)nc2)c1. The van der Waals surface area contributed by atoms with Crippen molar-refractivity contribution in [2.45, 2.75) is 51.6 Å². The number of carboxylic acid groups (broad SMARTS) is 1. The number of nitrogens with one attached hydrogen (secondary N) is 1. The summed E-state index contributed by atoms with van der Waals surface area (Å²) in [5, 5.41) is 12.0. The van der Waals surface area contributed by atoms with Crippen molar-refractivity contribution in [3.05, 3.63) is 65.6 Å². The van der Waals surface area contributed by atoms with Gasteiger partial charge in [-0.1, -0.05) is 0 Å². The van der Waals surface area contributed by atoms with Crippen molar-refractivity contribution in [2.75, 3.05) is 5.32 Å². The molecule has 0 atom stereocenters. The molecule has 2 N–H and O–H groups in total. The molecule has 0 unspecified atom stereocenters. The van der Waals surface area contributed by atoms with Crippen LogP contribution in [0, 0.1) is 18.8 Å². The van der Waals surface area contributed by atoms with Crippen LogP contribution in [0.5, 0.6) is 0 Å². The first-order valence-electron chi connectivity index (χ1n) is 11.6. The molecule has 6 nitrogen and oxygen atoms in total. The van der Waals surface area contributed by atoms with E-state index in [-0.39, 0.29) is 11.7 Å². The number of aromatic nitrogens is 3. The molecular formula is C26H27F3N4O2. The number of anilines is 2. The number of carbonyl (C=O) groups is 1. The van der Waals surface area contributed by atoms with Crippen LogP contribution in [0.25, 0.3) is 11.3 Å². The fraction of sp³-hybridized carbons (Fsp3) is 0.385. The number of alkyl halides is 3. The van der Waals surface area contributed by atoms with Crippen LogP contribution in [-0.4, -0.2) is 26.0 Å². The third kappa shape index (κ3) is 6.55. The summed E-state index contributed by atoms with van der Waals surface area (Å²) in [5.41, 5.74) is 2.54. The Labute approximate surface area is 201 Å². The maximum absolute atomic E-state index is 13.0. The van der Waals surface area contributed by atoms with Gasteiger partial charge in [-0.05, 0) is 93.3 Å². The fourth-order valence-corrected chi connectivity index (χ4v) is 4.46. The molecule has 1 aliphatic carbocycles. The Morgan fingerprint density at radius 3 is 2.49 bits per heavy atom. The van der Waals surface area contributed by atoms with E-state index >= 15 is 0 Å². The minimum Gasteiger partial charge on any atom is -0.481 e. The molecule has 9 heteroatoms. The van der Waals surface area contributed by atoms with Crippen molar-refractivity contribution in [3.8, 4) is 11.3 Å². The molecule has 0 amide bonds. The van der Waals surface area contributed by atoms with Gasteiger partial charge >= 0.3 is 12.1 Å². The lowest BCUT2D eigenvalue weighted by molar-refractivity contribution is -0.143. The van der Waals surface area contributed by atoms with Gasteiger partial charge < -0.3 is 10.4 Å². The average Bonchev–Trinajstić information content (AvgIpc) is 2.82. The zero-order chi connectivity index (χ0) is 25.0. The first-order valence-corrected chi connectivity index (χ1v) is 11.6. The standard InChI is InChI=1S/C26H27F3N4O2/c1-16-12-22(32-24(13-16)33-23-14-20(10-11-30-23)26(27,28)29)19-7-9-21(31-15-19)8-4-17-2-5-18(6-3-17)25(34)35/h7,9-15,17-18H,2-6,8H2,1H3,(H,34,35)(H,30,32,33). The summed E-state index contributed by atoms with van der Waals surface area (Å²) >= 11 is 0. The van der Waals surface area contributed by atoms with E-state index in [4.69, 9.17) is 5.11 Å². The molecule has 1 saturated carbocycles. The first kappa shape index (κ1) is 24.6. The lowest BCUT2D eigenvalue weighted by Gasteiger charge is -2.25. The van der Waals surface area contributed by atoms with Crippen LogP contribution in [0.15, 0.2) is 48.8 Å². The molecule has 3 aromatic heterocycles. The summed E-state index contributed by atoms with van der Waals surface area (Å²) < 4.78 is 39.0. The second kappa shape index (κ2) is 10.4. The van der Waals surface area contributed by atoms with Crippen LogP contribution in [-0.2, 0) is 17.4 Å². The lowest BCUT2D eigenvalue weighted by Crippen LogP contribution is -2.21. The average molecular weight is 485 g/mol. The van der Waals surface area contributed by atoms with Crippen LogP contribution in [0.1, 0.15) is 48.9 Å². The van der Waals surface area contributed by atoms with E-state index in [2.05, 4.69) is 20.3 Å². The predicted molar refractivity (Wildman–Crippen MR) is 126 cm³/mol. The second-order valence-electron chi connectivity index (χ2n) is 9.10. The van der Waals surface area contributed by atoms with Crippen LogP contribution in [0.4, 0.5) is 24.8 Å². The summed E-state index contributed by atoms with van der Waals surface area (Å²) in [6.07, 6.45) is 3.62. The molecule has 0 spiro atoms. The summed E-state index contributed by atoms with van der Waals surface area (Å²) in [6, 6.07) is 9.42. The largest absolute Gasteiger partial charge is 0.481 e. The van der Waals surface area contributed by atoms with Crippen LogP contribution in [0.3, 0.4) is 0 Å². The van der Waals surface area contributed by atoms with Crippen molar-refractivity contribution in [1.29, 1.82) is 0 Å². The van der Waals surface area contributed by atoms with E-state index in [0.29, 0.717) is 17.4 Å². The minimum atomic E-state index is -4.45. The van der Waals surface area contributed by atoms with Crippen molar-refractivity contribution >= 4 is 17.6 Å². The number of hydrogen-bond acceptors (Lipinski definition) is 5. The van der Waals surface area contributed by atoms with Gasteiger partial charge in [0, 0.05) is 23.7 Å². The maximum atomic E-state index is 13.0. The number of aryl methyl sites for hydroxylation is 2. The lowest BCUT2D eigenvalue weighted by atomic mass is 9.80. The van der Waals surface area contributed by atoms with E-state index in [1.54, 1.807) is 12.3 Å². The quantitative estimate of drug-likeness (QED) is 0.402. The Morgan fingerprint density at radius 1 is 1.06 bits per heavy atom. The van der Waals surface area contributed by atoms with Gasteiger partial charge in [0.1, 0.15) is 11.6 Å². The van der Waals surface area contributed by atoms with Crippen molar-refractivity contribution in [2.24, 2.45) is 11.8 Å². The van der Waals surface area contributed by atoms with Gasteiger partial charge in [-0.2, -0.15) is 13.2 Å². The highest BCUT2D eigenvalue weighted by molar-refractivity contribution is 5.70. The smallest absolute Gasteiger partial charge is 0.416 e. The number of hydrogen-bond donors (Lipinski definition) is 2. The highest BCUT2D eigenvalue weighted by atomic mass is 19.4. The first-order chi connectivity index (χ1) is 16.7. The Hall–Kier alpha value is -3.49. The van der Waals surface area contributed by atoms with Crippen LogP contribution in [0.2, 0.25) is 0 Å². The number of aliphatic carboxylic acids is 1. The van der Waals surface area contributed by atoms with Gasteiger partial charge in [-0.3, -0.25) is 9.78 Å². The van der Waals surface area contributed by atoms with Gasteiger partial charge in [0.05, 0.1) is 17.2 Å². The zero-order valence-electron chi connectivity index (χ0n) is 19.3. The van der Waals surface area contributed by atoms with Crippen molar-refractivity contribution in [1.82, 2.24) is 15.0 Å². The van der Waals surface area contributed by atoms with Gasteiger partial charge in [-0.25, -0.2) is 9.97 Å². The Balaban J connectivity index is 1.40. The predicted octanol–water partition coefficient (Wildman–Crippen LogP) is 6.43. The molecule has 4 rings (SSSR count). The van der Waals surface area contributed by atoms with E-state index in [1.165, 1.54) is 0 Å². The van der Waals surface area contributed by atoms with Gasteiger partial charge in [-0.15, -0.1) is 0 Å². The normalized spacial score (nSPS) is 18.3. The zero-order valence-corrected chi connectivity index (χ0v) is 19.3. The molecule has 3 heterocycles. The third-order valence-corrected chi connectivity index (χ3v) is 6.44. The van der Waals surface area contributed by atoms with Crippen LogP contribution >= 0.6 is 0 Å². The van der Waals surface area contributed by atoms with Gasteiger partial charge in [0.2, 0.25) is 0 Å². The summed E-state index contributed by atoms with van der Waals surface area (Å²) in [5.74, 6) is 0.107. The van der Waals surface area contributed by atoms with Gasteiger partial charge in [0.25, 0.3) is 0 Å². The Kier molecular flexibility index (Phi) is 7.33. The number of carboxylic acids is 1. The molecule has 1 aliphatic rings. The van der Waals surface area contributed by atoms with Gasteiger partial charge in [0.15, 0.2) is 0 Å². The Bertz CT molecular complexity index is 1170. The Morgan fingerprint density at radius 2 is 1.83 bits per heavy atom. The second-order valence-corrected chi connectivity index (χ2v) is 9.10. The molecule has 0 bridgehead atoms. The summed E-state index contributed by atoms with van der Waals surface area (Å²) in [7, 11) is 0. The number of nitrogens with zero attached hydrogens (tertiary/aromatic N) is 3. The van der Waals surface area contributed by atoms with Crippen molar-refractivity contribution in [3.63, 3.8) is 0 Å². The molecule has 35 heavy (non-hydrogen) atoms. The topological polar surface area (TPSA) is 88.0 Å². The molecule has 3 aromatic rings. The molecule has 0 radical (unpaired) electrons. The molecule has 1 fully saturated rings. The minimum absolute atomic E-state index is 0.0646. The number of pyridine rings is 3. The van der Waals surface area contributed by atoms with E-state index < -0.39 is 17.7 Å². The summed E-state index contributed by atoms with van der Waals surface area (Å²) in [4.78, 5) is 24.2. The van der Waals surface area contributed by atoms with Crippen molar-refractivity contribution < 1.29 is 23.1 Å². The molecule has 0 aromatic carbocycles. The maximum Gasteiger partial charge on any atom is 0.416 e. The fourth-order valence-electron chi connectivity index (χ4n) is 4.46. The number of rotatable bonds is 7. The summed E-state index contributed by atoms with van der Waals surface area (Å²) in [6.45, 7) is 1.89.